The standard InChI is InChI=1S/C32H35NO6/c1-7-17-39-22-12-10-11-21(19-22)33-28(23-13-8-9-14-25(23)37-5)27(30(35)31(33)36)29(34)20-15-16-26(38-6)24(18-20)32(2,3)4/h8-16,18-19,28,34H,7,17H2,1-6H3/b29-27+. The quantitative estimate of drug-likeness (QED) is 0.206. The fourth-order valence-corrected chi connectivity index (χ4v) is 4.83. The predicted molar refractivity (Wildman–Crippen MR) is 152 cm³/mol. The molecule has 4 rings (SSSR count). The number of carbonyl (C=O) groups excluding carboxylic acids is 2. The number of Topliss-reactive ketones (excluding diaryl/α,β-unsaturated/α-hetero) is 1. The van der Waals surface area contributed by atoms with Crippen LogP contribution in [0.15, 0.2) is 72.3 Å². The fraction of sp³-hybridized carbons (Fsp3) is 0.312. The summed E-state index contributed by atoms with van der Waals surface area (Å²) in [5.41, 5.74) is 2.01. The van der Waals surface area contributed by atoms with Crippen LogP contribution in [-0.4, -0.2) is 37.6 Å². The van der Waals surface area contributed by atoms with Gasteiger partial charge in [-0.05, 0) is 48.2 Å². The van der Waals surface area contributed by atoms with Crippen molar-refractivity contribution in [2.45, 2.75) is 45.6 Å². The molecule has 1 amide bonds. The van der Waals surface area contributed by atoms with E-state index in [1.807, 2.05) is 39.8 Å². The highest BCUT2D eigenvalue weighted by atomic mass is 16.5. The highest BCUT2D eigenvalue weighted by Gasteiger charge is 2.48. The van der Waals surface area contributed by atoms with E-state index in [-0.39, 0.29) is 16.7 Å². The molecule has 3 aromatic rings. The summed E-state index contributed by atoms with van der Waals surface area (Å²) >= 11 is 0. The van der Waals surface area contributed by atoms with Crippen LogP contribution in [0, 0.1) is 0 Å². The molecule has 7 heteroatoms. The van der Waals surface area contributed by atoms with Crippen LogP contribution < -0.4 is 19.1 Å². The SMILES string of the molecule is CCCOc1cccc(N2C(=O)C(=O)/C(=C(/O)c3ccc(OC)c(C(C)(C)C)c3)C2c2ccccc2OC)c1. The molecule has 1 aliphatic heterocycles. The second kappa shape index (κ2) is 11.2. The zero-order valence-electron chi connectivity index (χ0n) is 23.3. The maximum absolute atomic E-state index is 13.6. The van der Waals surface area contributed by atoms with Crippen LogP contribution in [0.2, 0.25) is 0 Å². The number of nitrogens with zero attached hydrogens (tertiary/aromatic N) is 1. The van der Waals surface area contributed by atoms with Crippen molar-refractivity contribution in [1.29, 1.82) is 0 Å². The Balaban J connectivity index is 1.96. The van der Waals surface area contributed by atoms with Gasteiger partial charge in [-0.2, -0.15) is 0 Å². The summed E-state index contributed by atoms with van der Waals surface area (Å²) in [5.74, 6) is -0.0483. The van der Waals surface area contributed by atoms with E-state index in [9.17, 15) is 14.7 Å². The number of ketones is 1. The number of methoxy groups -OCH3 is 2. The van der Waals surface area contributed by atoms with Gasteiger partial charge >= 0.3 is 0 Å². The first-order valence-corrected chi connectivity index (χ1v) is 13.0. The zero-order chi connectivity index (χ0) is 28.3. The number of aliphatic hydroxyl groups excluding tert-OH is 1. The van der Waals surface area contributed by atoms with Gasteiger partial charge in [0.15, 0.2) is 0 Å². The third kappa shape index (κ3) is 5.35. The lowest BCUT2D eigenvalue weighted by molar-refractivity contribution is -0.132. The normalized spacial score (nSPS) is 16.9. The molecule has 0 saturated carbocycles. The van der Waals surface area contributed by atoms with Crippen LogP contribution in [0.4, 0.5) is 5.69 Å². The number of ether oxygens (including phenoxy) is 3. The molecule has 0 spiro atoms. The van der Waals surface area contributed by atoms with Gasteiger partial charge in [-0.15, -0.1) is 0 Å². The summed E-state index contributed by atoms with van der Waals surface area (Å²) < 4.78 is 17.0. The molecule has 204 valence electrons. The van der Waals surface area contributed by atoms with Crippen LogP contribution >= 0.6 is 0 Å². The maximum atomic E-state index is 13.6. The number of anilines is 1. The first kappa shape index (κ1) is 27.8. The van der Waals surface area contributed by atoms with Crippen LogP contribution in [0.1, 0.15) is 56.8 Å². The number of amides is 1. The molecule has 3 aromatic carbocycles. The van der Waals surface area contributed by atoms with Gasteiger partial charge in [-0.1, -0.05) is 52.0 Å². The number of rotatable bonds is 8. The third-order valence-corrected chi connectivity index (χ3v) is 6.73. The van der Waals surface area contributed by atoms with E-state index in [0.717, 1.165) is 12.0 Å². The predicted octanol–water partition coefficient (Wildman–Crippen LogP) is 6.42. The van der Waals surface area contributed by atoms with Crippen molar-refractivity contribution >= 4 is 23.1 Å². The van der Waals surface area contributed by atoms with Crippen molar-refractivity contribution in [1.82, 2.24) is 0 Å². The second-order valence-electron chi connectivity index (χ2n) is 10.4. The van der Waals surface area contributed by atoms with Crippen molar-refractivity contribution < 1.29 is 28.9 Å². The Morgan fingerprint density at radius 3 is 2.31 bits per heavy atom. The minimum atomic E-state index is -0.928. The molecule has 0 bridgehead atoms. The Morgan fingerprint density at radius 2 is 1.64 bits per heavy atom. The lowest BCUT2D eigenvalue weighted by Crippen LogP contribution is -2.29. The second-order valence-corrected chi connectivity index (χ2v) is 10.4. The number of aliphatic hydroxyl groups is 1. The van der Waals surface area contributed by atoms with Gasteiger partial charge in [0.1, 0.15) is 23.0 Å². The molecule has 1 atom stereocenters. The van der Waals surface area contributed by atoms with Crippen LogP contribution in [0.3, 0.4) is 0 Å². The average Bonchev–Trinajstić information content (AvgIpc) is 3.20. The topological polar surface area (TPSA) is 85.3 Å². The molecule has 1 heterocycles. The Kier molecular flexibility index (Phi) is 8.00. The number of benzene rings is 3. The molecular formula is C32H35NO6. The van der Waals surface area contributed by atoms with Crippen molar-refractivity contribution in [2.24, 2.45) is 0 Å². The number of para-hydroxylation sites is 1. The fourth-order valence-electron chi connectivity index (χ4n) is 4.83. The number of hydrogen-bond acceptors (Lipinski definition) is 6. The number of hydrogen-bond donors (Lipinski definition) is 1. The van der Waals surface area contributed by atoms with Crippen molar-refractivity contribution in [3.63, 3.8) is 0 Å². The van der Waals surface area contributed by atoms with Gasteiger partial charge in [-0.25, -0.2) is 0 Å². The summed E-state index contributed by atoms with van der Waals surface area (Å²) in [6.07, 6.45) is 0.828. The van der Waals surface area contributed by atoms with Gasteiger partial charge in [0.25, 0.3) is 11.7 Å². The van der Waals surface area contributed by atoms with E-state index >= 15 is 0 Å². The van der Waals surface area contributed by atoms with Gasteiger partial charge in [0, 0.05) is 28.4 Å². The smallest absolute Gasteiger partial charge is 0.300 e. The molecule has 1 unspecified atom stereocenters. The lowest BCUT2D eigenvalue weighted by atomic mass is 9.84. The highest BCUT2D eigenvalue weighted by molar-refractivity contribution is 6.51. The van der Waals surface area contributed by atoms with Crippen molar-refractivity contribution in [3.05, 3.63) is 89.0 Å². The van der Waals surface area contributed by atoms with Gasteiger partial charge in [-0.3, -0.25) is 14.5 Å². The molecular weight excluding hydrogens is 494 g/mol. The van der Waals surface area contributed by atoms with Crippen LogP contribution in [-0.2, 0) is 15.0 Å². The van der Waals surface area contributed by atoms with E-state index < -0.39 is 17.7 Å². The van der Waals surface area contributed by atoms with E-state index in [1.54, 1.807) is 61.7 Å². The van der Waals surface area contributed by atoms with Gasteiger partial charge < -0.3 is 19.3 Å². The molecule has 1 aliphatic rings. The molecule has 0 aromatic heterocycles. The molecule has 1 saturated heterocycles. The minimum absolute atomic E-state index is 0.0191. The molecule has 1 N–H and O–H groups in total. The van der Waals surface area contributed by atoms with E-state index in [2.05, 4.69) is 0 Å². The van der Waals surface area contributed by atoms with Crippen molar-refractivity contribution in [3.8, 4) is 17.2 Å². The van der Waals surface area contributed by atoms with Crippen LogP contribution in [0.5, 0.6) is 17.2 Å². The molecule has 1 fully saturated rings. The minimum Gasteiger partial charge on any atom is -0.507 e. The largest absolute Gasteiger partial charge is 0.507 e. The Morgan fingerprint density at radius 1 is 0.923 bits per heavy atom. The zero-order valence-corrected chi connectivity index (χ0v) is 23.3. The number of carbonyl (C=O) groups is 2. The van der Waals surface area contributed by atoms with E-state index in [0.29, 0.717) is 40.7 Å². The highest BCUT2D eigenvalue weighted by Crippen LogP contribution is 2.46. The Labute approximate surface area is 229 Å². The monoisotopic (exact) mass is 529 g/mol. The summed E-state index contributed by atoms with van der Waals surface area (Å²) in [6.45, 7) is 8.64. The van der Waals surface area contributed by atoms with E-state index in [1.165, 1.54) is 12.0 Å². The van der Waals surface area contributed by atoms with E-state index in [4.69, 9.17) is 14.2 Å². The maximum Gasteiger partial charge on any atom is 0.300 e. The molecule has 39 heavy (non-hydrogen) atoms. The molecule has 7 nitrogen and oxygen atoms in total. The van der Waals surface area contributed by atoms with Crippen molar-refractivity contribution in [2.75, 3.05) is 25.7 Å². The summed E-state index contributed by atoms with van der Waals surface area (Å²) in [6, 6.07) is 18.6. The Bertz CT molecular complexity index is 1420. The first-order valence-electron chi connectivity index (χ1n) is 13.0. The summed E-state index contributed by atoms with van der Waals surface area (Å²) in [7, 11) is 3.12. The average molecular weight is 530 g/mol. The third-order valence-electron chi connectivity index (χ3n) is 6.73. The first-order chi connectivity index (χ1) is 18.6. The van der Waals surface area contributed by atoms with Gasteiger partial charge in [0.2, 0.25) is 0 Å². The summed E-state index contributed by atoms with van der Waals surface area (Å²) in [4.78, 5) is 28.7. The Hall–Kier alpha value is -4.26. The van der Waals surface area contributed by atoms with Gasteiger partial charge in [0.05, 0.1) is 32.4 Å². The summed E-state index contributed by atoms with van der Waals surface area (Å²) in [5, 5.41) is 11.7. The molecule has 0 aliphatic carbocycles. The van der Waals surface area contributed by atoms with Crippen LogP contribution in [0.25, 0.3) is 5.76 Å². The molecule has 0 radical (unpaired) electrons. The lowest BCUT2D eigenvalue weighted by Gasteiger charge is -2.27.